The molecule has 0 atom stereocenters. The van der Waals surface area contributed by atoms with Gasteiger partial charge in [-0.3, -0.25) is 14.5 Å². The van der Waals surface area contributed by atoms with E-state index in [1.54, 1.807) is 26.0 Å². The summed E-state index contributed by atoms with van der Waals surface area (Å²) in [5.74, 6) is -0.657. The molecule has 2 fully saturated rings. The predicted molar refractivity (Wildman–Crippen MR) is 119 cm³/mol. The highest BCUT2D eigenvalue weighted by Crippen LogP contribution is 2.35. The summed E-state index contributed by atoms with van der Waals surface area (Å²) in [6.07, 6.45) is 4.54. The number of fused-ring (bicyclic) bond motifs is 1. The molecule has 1 aliphatic carbocycles. The topological polar surface area (TPSA) is 107 Å². The van der Waals surface area contributed by atoms with E-state index >= 15 is 0 Å². The van der Waals surface area contributed by atoms with E-state index < -0.39 is 21.6 Å². The van der Waals surface area contributed by atoms with Crippen LogP contribution in [-0.2, 0) is 26.0 Å². The van der Waals surface area contributed by atoms with E-state index in [4.69, 9.17) is 0 Å². The van der Waals surface area contributed by atoms with Gasteiger partial charge in [0.15, 0.2) is 0 Å². The second-order valence-electron chi connectivity index (χ2n) is 8.64. The SMILES string of the molecule is CCN(CC)S(=O)(=O)c1ccc2c(c1)CCN2C(=O)CN1C(=O)NC2(CCCCC2)C1=O. The van der Waals surface area contributed by atoms with Crippen LogP contribution in [0.15, 0.2) is 23.1 Å². The summed E-state index contributed by atoms with van der Waals surface area (Å²) in [5, 5.41) is 2.83. The van der Waals surface area contributed by atoms with Gasteiger partial charge in [0, 0.05) is 25.3 Å². The number of hydrogen-bond acceptors (Lipinski definition) is 5. The highest BCUT2D eigenvalue weighted by Gasteiger charge is 2.52. The molecule has 1 saturated heterocycles. The van der Waals surface area contributed by atoms with Crippen LogP contribution in [0.4, 0.5) is 10.5 Å². The van der Waals surface area contributed by atoms with E-state index in [2.05, 4.69) is 5.32 Å². The lowest BCUT2D eigenvalue weighted by Crippen LogP contribution is -2.49. The van der Waals surface area contributed by atoms with E-state index in [1.807, 2.05) is 0 Å². The predicted octanol–water partition coefficient (Wildman–Crippen LogP) is 1.86. The lowest BCUT2D eigenvalue weighted by Gasteiger charge is -2.30. The second kappa shape index (κ2) is 8.47. The van der Waals surface area contributed by atoms with Crippen molar-refractivity contribution < 1.29 is 22.8 Å². The molecule has 3 aliphatic rings. The van der Waals surface area contributed by atoms with Crippen molar-refractivity contribution in [3.05, 3.63) is 23.8 Å². The molecule has 4 rings (SSSR count). The number of urea groups is 1. The Kier molecular flexibility index (Phi) is 6.02. The summed E-state index contributed by atoms with van der Waals surface area (Å²) >= 11 is 0. The minimum Gasteiger partial charge on any atom is -0.323 e. The summed E-state index contributed by atoms with van der Waals surface area (Å²) in [4.78, 5) is 41.3. The van der Waals surface area contributed by atoms with E-state index in [-0.39, 0.29) is 23.3 Å². The number of sulfonamides is 1. The van der Waals surface area contributed by atoms with Crippen LogP contribution in [0.2, 0.25) is 0 Å². The monoisotopic (exact) mass is 462 g/mol. The molecule has 0 unspecified atom stereocenters. The highest BCUT2D eigenvalue weighted by molar-refractivity contribution is 7.89. The zero-order valence-corrected chi connectivity index (χ0v) is 19.4. The number of nitrogens with zero attached hydrogens (tertiary/aromatic N) is 3. The highest BCUT2D eigenvalue weighted by atomic mass is 32.2. The normalized spacial score (nSPS) is 20.2. The zero-order chi connectivity index (χ0) is 23.1. The zero-order valence-electron chi connectivity index (χ0n) is 18.6. The van der Waals surface area contributed by atoms with E-state index in [9.17, 15) is 22.8 Å². The van der Waals surface area contributed by atoms with Crippen molar-refractivity contribution in [1.29, 1.82) is 0 Å². The van der Waals surface area contributed by atoms with Crippen molar-refractivity contribution in [1.82, 2.24) is 14.5 Å². The number of imide groups is 1. The molecule has 0 aromatic heterocycles. The van der Waals surface area contributed by atoms with Gasteiger partial charge in [0.1, 0.15) is 12.1 Å². The largest absolute Gasteiger partial charge is 0.325 e. The summed E-state index contributed by atoms with van der Waals surface area (Å²) in [5.41, 5.74) is 0.548. The fourth-order valence-electron chi connectivity index (χ4n) is 5.04. The molecule has 1 aromatic rings. The lowest BCUT2D eigenvalue weighted by atomic mass is 9.82. The van der Waals surface area contributed by atoms with Gasteiger partial charge in [0.25, 0.3) is 5.91 Å². The smallest absolute Gasteiger partial charge is 0.323 e. The Labute approximate surface area is 188 Å². The Morgan fingerprint density at radius 3 is 2.47 bits per heavy atom. The quantitative estimate of drug-likeness (QED) is 0.650. The molecule has 9 nitrogen and oxygen atoms in total. The molecular weight excluding hydrogens is 432 g/mol. The first-order valence-electron chi connectivity index (χ1n) is 11.3. The first kappa shape index (κ1) is 22.7. The van der Waals surface area contributed by atoms with Gasteiger partial charge in [0.05, 0.1) is 4.90 Å². The van der Waals surface area contributed by atoms with Gasteiger partial charge in [-0.1, -0.05) is 33.1 Å². The average Bonchev–Trinajstić information content (AvgIpc) is 3.29. The minimum absolute atomic E-state index is 0.211. The maximum absolute atomic E-state index is 13.0. The van der Waals surface area contributed by atoms with Crippen LogP contribution in [0.5, 0.6) is 0 Å². The van der Waals surface area contributed by atoms with Crippen molar-refractivity contribution in [2.75, 3.05) is 31.1 Å². The Bertz CT molecular complexity index is 1040. The summed E-state index contributed by atoms with van der Waals surface area (Å²) in [7, 11) is -3.59. The molecule has 1 aromatic carbocycles. The number of amides is 4. The third kappa shape index (κ3) is 3.69. The van der Waals surface area contributed by atoms with Crippen LogP contribution < -0.4 is 10.2 Å². The van der Waals surface area contributed by atoms with Crippen LogP contribution in [0.3, 0.4) is 0 Å². The van der Waals surface area contributed by atoms with Crippen LogP contribution in [0.25, 0.3) is 0 Å². The van der Waals surface area contributed by atoms with Crippen molar-refractivity contribution in [2.24, 2.45) is 0 Å². The number of carbonyl (C=O) groups excluding carboxylic acids is 3. The van der Waals surface area contributed by atoms with Crippen LogP contribution >= 0.6 is 0 Å². The van der Waals surface area contributed by atoms with Crippen molar-refractivity contribution in [3.8, 4) is 0 Å². The number of nitrogens with one attached hydrogen (secondary N) is 1. The molecule has 2 heterocycles. The number of hydrogen-bond donors (Lipinski definition) is 1. The summed E-state index contributed by atoms with van der Waals surface area (Å²) in [6.45, 7) is 4.43. The third-order valence-electron chi connectivity index (χ3n) is 6.84. The molecule has 0 radical (unpaired) electrons. The van der Waals surface area contributed by atoms with Crippen LogP contribution in [0.1, 0.15) is 51.5 Å². The fourth-order valence-corrected chi connectivity index (χ4v) is 6.55. The minimum atomic E-state index is -3.59. The van der Waals surface area contributed by atoms with Gasteiger partial charge in [-0.15, -0.1) is 0 Å². The molecule has 32 heavy (non-hydrogen) atoms. The van der Waals surface area contributed by atoms with Crippen molar-refractivity contribution in [2.45, 2.75) is 62.8 Å². The van der Waals surface area contributed by atoms with E-state index in [0.717, 1.165) is 29.7 Å². The fraction of sp³-hybridized carbons (Fsp3) is 0.591. The lowest BCUT2D eigenvalue weighted by molar-refractivity contribution is -0.135. The van der Waals surface area contributed by atoms with Gasteiger partial charge in [-0.2, -0.15) is 4.31 Å². The Morgan fingerprint density at radius 1 is 1.12 bits per heavy atom. The molecule has 10 heteroatoms. The van der Waals surface area contributed by atoms with Gasteiger partial charge in [-0.05, 0) is 43.0 Å². The summed E-state index contributed by atoms with van der Waals surface area (Å²) in [6, 6.07) is 4.28. The number of benzene rings is 1. The molecular formula is C22H30N4O5S. The van der Waals surface area contributed by atoms with Crippen molar-refractivity contribution in [3.63, 3.8) is 0 Å². The molecule has 1 spiro atoms. The Morgan fingerprint density at radius 2 is 1.81 bits per heavy atom. The number of carbonyl (C=O) groups is 3. The molecule has 174 valence electrons. The third-order valence-corrected chi connectivity index (χ3v) is 8.88. The van der Waals surface area contributed by atoms with Gasteiger partial charge in [-0.25, -0.2) is 13.2 Å². The van der Waals surface area contributed by atoms with Crippen LogP contribution in [0, 0.1) is 0 Å². The maximum Gasteiger partial charge on any atom is 0.325 e. The first-order chi connectivity index (χ1) is 15.2. The Hall–Kier alpha value is -2.46. The van der Waals surface area contributed by atoms with Gasteiger partial charge in [0.2, 0.25) is 15.9 Å². The first-order valence-corrected chi connectivity index (χ1v) is 12.7. The van der Waals surface area contributed by atoms with E-state index in [1.165, 1.54) is 15.3 Å². The molecule has 2 aliphatic heterocycles. The second-order valence-corrected chi connectivity index (χ2v) is 10.6. The molecule has 1 saturated carbocycles. The van der Waals surface area contributed by atoms with Gasteiger partial charge < -0.3 is 10.2 Å². The molecule has 1 N–H and O–H groups in total. The number of anilines is 1. The number of rotatable bonds is 6. The molecule has 4 amide bonds. The van der Waals surface area contributed by atoms with Crippen LogP contribution in [-0.4, -0.2) is 67.2 Å². The van der Waals surface area contributed by atoms with Gasteiger partial charge >= 0.3 is 6.03 Å². The average molecular weight is 463 g/mol. The Balaban J connectivity index is 1.51. The van der Waals surface area contributed by atoms with E-state index in [0.29, 0.717) is 44.6 Å². The standard InChI is InChI=1S/C22H30N4O5S/c1-3-24(4-2)32(30,31)17-8-9-18-16(14-17)10-13-25(18)19(27)15-26-20(28)22(23-21(26)29)11-6-5-7-12-22/h8-9,14H,3-7,10-13,15H2,1-2H3,(H,23,29). The molecule has 0 bridgehead atoms. The van der Waals surface area contributed by atoms with Crippen molar-refractivity contribution >= 4 is 33.6 Å². The maximum atomic E-state index is 13.0. The summed E-state index contributed by atoms with van der Waals surface area (Å²) < 4.78 is 27.0.